The Balaban J connectivity index is 1.85. The van der Waals surface area contributed by atoms with Crippen molar-refractivity contribution >= 4 is 33.1 Å². The standard InChI is InChI=1S/C19H17NO4S/c1-22-12-15(18(21)23-2)14-8-4-3-7-13(14)11-24-19-20-16-9-5-6-10-17(16)25-19/h3-10,12H,11H2,1-2H3. The Kier molecular flexibility index (Phi) is 5.30. The molecule has 25 heavy (non-hydrogen) atoms. The maximum Gasteiger partial charge on any atom is 0.341 e. The molecular formula is C19H17NO4S. The van der Waals surface area contributed by atoms with Gasteiger partial charge in [-0.1, -0.05) is 47.7 Å². The molecule has 128 valence electrons. The molecule has 0 spiro atoms. The molecule has 3 rings (SSSR count). The van der Waals surface area contributed by atoms with E-state index in [1.54, 1.807) is 0 Å². The molecule has 0 unspecified atom stereocenters. The first kappa shape index (κ1) is 17.0. The lowest BCUT2D eigenvalue weighted by Crippen LogP contribution is -2.08. The molecule has 0 amide bonds. The number of thiazole rings is 1. The van der Waals surface area contributed by atoms with E-state index in [-0.39, 0.29) is 6.61 Å². The van der Waals surface area contributed by atoms with Gasteiger partial charge < -0.3 is 14.2 Å². The summed E-state index contributed by atoms with van der Waals surface area (Å²) >= 11 is 1.49. The molecule has 0 atom stereocenters. The molecule has 6 heteroatoms. The summed E-state index contributed by atoms with van der Waals surface area (Å²) in [5.41, 5.74) is 2.80. The first-order chi connectivity index (χ1) is 12.2. The Morgan fingerprint density at radius 3 is 2.64 bits per heavy atom. The van der Waals surface area contributed by atoms with E-state index in [1.807, 2.05) is 48.5 Å². The average molecular weight is 355 g/mol. The van der Waals surface area contributed by atoms with Gasteiger partial charge in [0.25, 0.3) is 5.19 Å². The molecule has 0 radical (unpaired) electrons. The molecular weight excluding hydrogens is 338 g/mol. The maximum absolute atomic E-state index is 12.0. The average Bonchev–Trinajstić information content (AvgIpc) is 3.07. The number of rotatable bonds is 6. The van der Waals surface area contributed by atoms with Crippen molar-refractivity contribution in [3.63, 3.8) is 0 Å². The van der Waals surface area contributed by atoms with Crippen LogP contribution in [-0.2, 0) is 20.9 Å². The number of benzene rings is 2. The number of carbonyl (C=O) groups excluding carboxylic acids is 1. The van der Waals surface area contributed by atoms with Gasteiger partial charge in [0.2, 0.25) is 0 Å². The fourth-order valence-corrected chi connectivity index (χ4v) is 3.23. The smallest absolute Gasteiger partial charge is 0.341 e. The van der Waals surface area contributed by atoms with Crippen LogP contribution in [0.3, 0.4) is 0 Å². The van der Waals surface area contributed by atoms with Crippen molar-refractivity contribution in [3.8, 4) is 5.19 Å². The fraction of sp³-hybridized carbons (Fsp3) is 0.158. The topological polar surface area (TPSA) is 57.7 Å². The van der Waals surface area contributed by atoms with Crippen LogP contribution in [0, 0.1) is 0 Å². The van der Waals surface area contributed by atoms with Gasteiger partial charge in [-0.25, -0.2) is 9.78 Å². The highest BCUT2D eigenvalue weighted by atomic mass is 32.1. The van der Waals surface area contributed by atoms with E-state index in [2.05, 4.69) is 4.98 Å². The molecule has 0 fully saturated rings. The predicted molar refractivity (Wildman–Crippen MR) is 97.4 cm³/mol. The van der Waals surface area contributed by atoms with Gasteiger partial charge in [-0.2, -0.15) is 0 Å². The molecule has 1 aromatic heterocycles. The summed E-state index contributed by atoms with van der Waals surface area (Å²) < 4.78 is 16.8. The summed E-state index contributed by atoms with van der Waals surface area (Å²) in [5, 5.41) is 0.589. The SMILES string of the molecule is COC=C(C(=O)OC)c1ccccc1COc1nc2ccccc2s1. The Labute approximate surface area is 149 Å². The molecule has 0 aliphatic carbocycles. The monoisotopic (exact) mass is 355 g/mol. The van der Waals surface area contributed by atoms with E-state index in [1.165, 1.54) is 31.8 Å². The molecule has 0 saturated carbocycles. The van der Waals surface area contributed by atoms with E-state index in [9.17, 15) is 4.79 Å². The fourth-order valence-electron chi connectivity index (χ4n) is 2.41. The van der Waals surface area contributed by atoms with E-state index in [0.717, 1.165) is 15.8 Å². The second-order valence-electron chi connectivity index (χ2n) is 5.15. The van der Waals surface area contributed by atoms with Crippen molar-refractivity contribution < 1.29 is 19.0 Å². The molecule has 0 aliphatic rings. The third kappa shape index (κ3) is 3.80. The number of hydrogen-bond acceptors (Lipinski definition) is 6. The van der Waals surface area contributed by atoms with Crippen molar-refractivity contribution in [2.24, 2.45) is 0 Å². The number of ether oxygens (including phenoxy) is 3. The zero-order valence-electron chi connectivity index (χ0n) is 13.9. The van der Waals surface area contributed by atoms with Gasteiger partial charge in [0.05, 0.1) is 30.7 Å². The zero-order valence-corrected chi connectivity index (χ0v) is 14.7. The number of carbonyl (C=O) groups is 1. The highest BCUT2D eigenvalue weighted by Crippen LogP contribution is 2.29. The normalized spacial score (nSPS) is 11.4. The first-order valence-corrected chi connectivity index (χ1v) is 8.42. The lowest BCUT2D eigenvalue weighted by molar-refractivity contribution is -0.133. The van der Waals surface area contributed by atoms with Gasteiger partial charge in [-0.15, -0.1) is 0 Å². The van der Waals surface area contributed by atoms with E-state index < -0.39 is 5.97 Å². The minimum Gasteiger partial charge on any atom is -0.503 e. The highest BCUT2D eigenvalue weighted by Gasteiger charge is 2.17. The molecule has 0 bridgehead atoms. The minimum absolute atomic E-state index is 0.286. The van der Waals surface area contributed by atoms with E-state index in [4.69, 9.17) is 14.2 Å². The van der Waals surface area contributed by atoms with E-state index in [0.29, 0.717) is 16.3 Å². The van der Waals surface area contributed by atoms with Gasteiger partial charge >= 0.3 is 5.97 Å². The second kappa shape index (κ2) is 7.81. The summed E-state index contributed by atoms with van der Waals surface area (Å²) in [5.74, 6) is -0.464. The molecule has 2 aromatic carbocycles. The number of nitrogens with zero attached hydrogens (tertiary/aromatic N) is 1. The quantitative estimate of drug-likeness (QED) is 0.379. The van der Waals surface area contributed by atoms with Crippen LogP contribution in [0.2, 0.25) is 0 Å². The van der Waals surface area contributed by atoms with Crippen molar-refractivity contribution in [2.75, 3.05) is 14.2 Å². The lowest BCUT2D eigenvalue weighted by atomic mass is 10.0. The van der Waals surface area contributed by atoms with Crippen molar-refractivity contribution in [1.29, 1.82) is 0 Å². The lowest BCUT2D eigenvalue weighted by Gasteiger charge is -2.11. The van der Waals surface area contributed by atoms with E-state index >= 15 is 0 Å². The van der Waals surface area contributed by atoms with Crippen LogP contribution in [-0.4, -0.2) is 25.2 Å². The van der Waals surface area contributed by atoms with Gasteiger partial charge in [0, 0.05) is 0 Å². The summed E-state index contributed by atoms with van der Waals surface area (Å²) in [6, 6.07) is 15.3. The number of esters is 1. The number of methoxy groups -OCH3 is 2. The molecule has 0 saturated heterocycles. The van der Waals surface area contributed by atoms with Crippen LogP contribution in [0.4, 0.5) is 0 Å². The highest BCUT2D eigenvalue weighted by molar-refractivity contribution is 7.20. The number of fused-ring (bicyclic) bond motifs is 1. The third-order valence-electron chi connectivity index (χ3n) is 3.57. The van der Waals surface area contributed by atoms with Gasteiger partial charge in [0.1, 0.15) is 12.2 Å². The molecule has 1 heterocycles. The van der Waals surface area contributed by atoms with Crippen molar-refractivity contribution in [2.45, 2.75) is 6.61 Å². The second-order valence-corrected chi connectivity index (χ2v) is 6.15. The summed E-state index contributed by atoms with van der Waals surface area (Å²) in [6.45, 7) is 0.286. The number of aromatic nitrogens is 1. The zero-order chi connectivity index (χ0) is 17.6. The first-order valence-electron chi connectivity index (χ1n) is 7.61. The Morgan fingerprint density at radius 1 is 1.12 bits per heavy atom. The van der Waals surface area contributed by atoms with Crippen LogP contribution in [0.15, 0.2) is 54.8 Å². The van der Waals surface area contributed by atoms with Gasteiger partial charge in [0.15, 0.2) is 0 Å². The summed E-state index contributed by atoms with van der Waals surface area (Å²) in [6.07, 6.45) is 1.38. The molecule has 0 N–H and O–H groups in total. The third-order valence-corrected chi connectivity index (χ3v) is 4.52. The maximum atomic E-state index is 12.0. The van der Waals surface area contributed by atoms with Crippen molar-refractivity contribution in [3.05, 3.63) is 65.9 Å². The van der Waals surface area contributed by atoms with Crippen LogP contribution in [0.25, 0.3) is 15.8 Å². The molecule has 0 aliphatic heterocycles. The molecule has 5 nitrogen and oxygen atoms in total. The van der Waals surface area contributed by atoms with Crippen LogP contribution >= 0.6 is 11.3 Å². The Bertz CT molecular complexity index is 883. The van der Waals surface area contributed by atoms with Crippen LogP contribution in [0.1, 0.15) is 11.1 Å². The number of hydrogen-bond donors (Lipinski definition) is 0. The largest absolute Gasteiger partial charge is 0.503 e. The van der Waals surface area contributed by atoms with Crippen LogP contribution in [0.5, 0.6) is 5.19 Å². The Hall–Kier alpha value is -2.86. The number of para-hydroxylation sites is 1. The predicted octanol–water partition coefficient (Wildman–Crippen LogP) is 4.04. The summed E-state index contributed by atoms with van der Waals surface area (Å²) in [7, 11) is 2.83. The minimum atomic E-state index is -0.464. The van der Waals surface area contributed by atoms with Gasteiger partial charge in [-0.05, 0) is 23.3 Å². The Morgan fingerprint density at radius 2 is 1.88 bits per heavy atom. The van der Waals surface area contributed by atoms with Crippen molar-refractivity contribution in [1.82, 2.24) is 4.98 Å². The summed E-state index contributed by atoms with van der Waals surface area (Å²) in [4.78, 5) is 16.5. The van der Waals surface area contributed by atoms with Crippen LogP contribution < -0.4 is 4.74 Å². The van der Waals surface area contributed by atoms with Gasteiger partial charge in [-0.3, -0.25) is 0 Å². The molecule has 3 aromatic rings.